The number of aryl methyl sites for hydroxylation is 1. The minimum atomic E-state index is -2.73. The molecule has 40 heavy (non-hydrogen) atoms. The van der Waals surface area contributed by atoms with Gasteiger partial charge in [-0.25, -0.2) is 23.2 Å². The number of oxazole rings is 1. The van der Waals surface area contributed by atoms with Crippen molar-refractivity contribution in [1.29, 1.82) is 0 Å². The van der Waals surface area contributed by atoms with Gasteiger partial charge in [0, 0.05) is 37.8 Å². The van der Waals surface area contributed by atoms with E-state index in [-0.39, 0.29) is 61.4 Å². The van der Waals surface area contributed by atoms with Crippen molar-refractivity contribution in [3.8, 4) is 0 Å². The predicted octanol–water partition coefficient (Wildman–Crippen LogP) is 4.42. The van der Waals surface area contributed by atoms with Crippen LogP contribution >= 0.6 is 0 Å². The summed E-state index contributed by atoms with van der Waals surface area (Å²) >= 11 is 0. The van der Waals surface area contributed by atoms with Crippen LogP contribution in [-0.4, -0.2) is 50.4 Å². The van der Waals surface area contributed by atoms with Crippen LogP contribution in [0.3, 0.4) is 0 Å². The molecule has 1 amide bonds. The maximum absolute atomic E-state index is 14.0. The number of carbonyl (C=O) groups is 1. The van der Waals surface area contributed by atoms with Crippen LogP contribution < -0.4 is 11.0 Å². The van der Waals surface area contributed by atoms with Crippen molar-refractivity contribution in [2.75, 3.05) is 13.7 Å². The summed E-state index contributed by atoms with van der Waals surface area (Å²) in [6.45, 7) is 2.05. The summed E-state index contributed by atoms with van der Waals surface area (Å²) < 4.78 is 45.9. The Kier molecular flexibility index (Phi) is 6.77. The van der Waals surface area contributed by atoms with Crippen LogP contribution in [0.15, 0.2) is 38.2 Å². The van der Waals surface area contributed by atoms with Gasteiger partial charge in [-0.2, -0.15) is 0 Å². The SMILES string of the molecule is COCC(c1ccc2oc([C@@H](NC(=O)c3nonc3C3CC3)C3CCC(F)(F)CC3)nc2c1)n1cc(C)[nH]c1=O. The molecule has 6 rings (SSSR count). The molecule has 2 aliphatic carbocycles. The molecule has 2 aliphatic rings. The van der Waals surface area contributed by atoms with E-state index in [1.807, 2.05) is 6.07 Å². The van der Waals surface area contributed by atoms with E-state index in [2.05, 4.69) is 25.6 Å². The Bertz CT molecular complexity index is 1580. The fraction of sp³-hybridized carbons (Fsp3) is 0.519. The minimum absolute atomic E-state index is 0.0988. The van der Waals surface area contributed by atoms with Crippen LogP contribution in [0.5, 0.6) is 0 Å². The van der Waals surface area contributed by atoms with Gasteiger partial charge >= 0.3 is 5.69 Å². The number of aromatic nitrogens is 5. The molecule has 0 radical (unpaired) electrons. The Morgan fingerprint density at radius 2 is 2.02 bits per heavy atom. The number of fused-ring (bicyclic) bond motifs is 1. The summed E-state index contributed by atoms with van der Waals surface area (Å²) in [4.78, 5) is 33.2. The van der Waals surface area contributed by atoms with Crippen molar-refractivity contribution in [2.45, 2.75) is 69.4 Å². The highest BCUT2D eigenvalue weighted by molar-refractivity contribution is 5.93. The van der Waals surface area contributed by atoms with Gasteiger partial charge in [0.25, 0.3) is 5.91 Å². The molecule has 2 atom stereocenters. The van der Waals surface area contributed by atoms with Crippen molar-refractivity contribution >= 4 is 17.0 Å². The van der Waals surface area contributed by atoms with Gasteiger partial charge in [0.05, 0.1) is 12.6 Å². The number of rotatable bonds is 9. The fourth-order valence-electron chi connectivity index (χ4n) is 5.53. The normalized spacial score (nSPS) is 19.1. The number of hydrogen-bond acceptors (Lipinski definition) is 8. The summed E-state index contributed by atoms with van der Waals surface area (Å²) in [6, 6.07) is 4.21. The first-order valence-corrected chi connectivity index (χ1v) is 13.4. The van der Waals surface area contributed by atoms with Gasteiger partial charge in [-0.15, -0.1) is 0 Å². The number of aromatic amines is 1. The molecule has 0 spiro atoms. The number of amides is 1. The van der Waals surface area contributed by atoms with E-state index >= 15 is 0 Å². The van der Waals surface area contributed by atoms with E-state index in [1.54, 1.807) is 36.9 Å². The summed E-state index contributed by atoms with van der Waals surface area (Å²) in [5, 5.41) is 10.6. The summed E-state index contributed by atoms with van der Waals surface area (Å²) in [5.41, 5.74) is 2.82. The third-order valence-electron chi connectivity index (χ3n) is 7.82. The van der Waals surface area contributed by atoms with E-state index < -0.39 is 23.9 Å². The van der Waals surface area contributed by atoms with E-state index in [1.165, 1.54) is 0 Å². The third-order valence-corrected chi connectivity index (χ3v) is 7.82. The number of imidazole rings is 1. The van der Waals surface area contributed by atoms with Gasteiger partial charge in [0.15, 0.2) is 11.3 Å². The molecule has 1 aromatic carbocycles. The first kappa shape index (κ1) is 26.4. The molecule has 4 aromatic rings. The maximum atomic E-state index is 14.0. The second-order valence-corrected chi connectivity index (χ2v) is 10.8. The summed E-state index contributed by atoms with van der Waals surface area (Å²) in [5.74, 6) is -3.20. The molecule has 0 aliphatic heterocycles. The van der Waals surface area contributed by atoms with Crippen LogP contribution in [0.25, 0.3) is 11.1 Å². The van der Waals surface area contributed by atoms with E-state index in [0.717, 1.165) is 24.1 Å². The Morgan fingerprint density at radius 3 is 2.70 bits per heavy atom. The zero-order valence-corrected chi connectivity index (χ0v) is 22.2. The Balaban J connectivity index is 1.33. The van der Waals surface area contributed by atoms with Gasteiger partial charge in [-0.3, -0.25) is 9.36 Å². The Labute approximate surface area is 227 Å². The molecule has 2 saturated carbocycles. The number of carbonyl (C=O) groups excluding carboxylic acids is 1. The first-order valence-electron chi connectivity index (χ1n) is 13.4. The lowest BCUT2D eigenvalue weighted by Crippen LogP contribution is -2.37. The average Bonchev–Trinajstić information content (AvgIpc) is 3.33. The van der Waals surface area contributed by atoms with Crippen LogP contribution in [0, 0.1) is 12.8 Å². The smallest absolute Gasteiger partial charge is 0.326 e. The molecule has 11 nitrogen and oxygen atoms in total. The van der Waals surface area contributed by atoms with Crippen molar-refractivity contribution in [2.24, 2.45) is 5.92 Å². The molecule has 0 bridgehead atoms. The molecule has 3 aromatic heterocycles. The number of benzene rings is 1. The topological polar surface area (TPSA) is 141 Å². The number of methoxy groups -OCH3 is 1. The number of halogens is 2. The molecule has 2 fully saturated rings. The lowest BCUT2D eigenvalue weighted by Gasteiger charge is -2.32. The monoisotopic (exact) mass is 556 g/mol. The Morgan fingerprint density at radius 1 is 1.25 bits per heavy atom. The van der Waals surface area contributed by atoms with Gasteiger partial charge in [0.2, 0.25) is 11.8 Å². The largest absolute Gasteiger partial charge is 0.438 e. The molecule has 0 saturated heterocycles. The lowest BCUT2D eigenvalue weighted by molar-refractivity contribution is -0.0503. The van der Waals surface area contributed by atoms with Crippen molar-refractivity contribution in [1.82, 2.24) is 30.2 Å². The number of H-pyrrole nitrogens is 1. The van der Waals surface area contributed by atoms with Crippen molar-refractivity contribution in [3.05, 3.63) is 63.4 Å². The zero-order chi connectivity index (χ0) is 28.0. The van der Waals surface area contributed by atoms with Gasteiger partial charge < -0.3 is 19.5 Å². The Hall–Kier alpha value is -3.87. The zero-order valence-electron chi connectivity index (χ0n) is 22.2. The van der Waals surface area contributed by atoms with Crippen LogP contribution in [-0.2, 0) is 4.74 Å². The highest BCUT2D eigenvalue weighted by atomic mass is 19.3. The van der Waals surface area contributed by atoms with Gasteiger partial charge in [0.1, 0.15) is 17.3 Å². The van der Waals surface area contributed by atoms with E-state index in [4.69, 9.17) is 13.8 Å². The van der Waals surface area contributed by atoms with E-state index in [9.17, 15) is 18.4 Å². The fourth-order valence-corrected chi connectivity index (χ4v) is 5.53. The molecule has 212 valence electrons. The highest BCUT2D eigenvalue weighted by Gasteiger charge is 2.41. The standard InChI is InChI=1S/C27H30F2N6O5/c1-14-12-35(26(37)30-14)19(13-38-2)17-5-6-20-18(11-17)31-25(39-20)22(16-7-9-27(28,29)10-8-16)32-24(36)23-21(15-3-4-15)33-40-34-23/h5-6,11-12,15-16,19,22H,3-4,7-10,13H2,1-2H3,(H,30,37)(H,32,36)/t19?,22-/m0/s1. The number of ether oxygens (including phenoxy) is 1. The van der Waals surface area contributed by atoms with E-state index in [0.29, 0.717) is 16.8 Å². The molecule has 1 unspecified atom stereocenters. The minimum Gasteiger partial charge on any atom is -0.438 e. The second kappa shape index (κ2) is 10.3. The van der Waals surface area contributed by atoms with Gasteiger partial charge in [-0.1, -0.05) is 11.2 Å². The van der Waals surface area contributed by atoms with Crippen molar-refractivity contribution < 1.29 is 27.4 Å². The second-order valence-electron chi connectivity index (χ2n) is 10.8. The predicted molar refractivity (Wildman–Crippen MR) is 137 cm³/mol. The quantitative estimate of drug-likeness (QED) is 0.309. The maximum Gasteiger partial charge on any atom is 0.326 e. The number of nitrogens with zero attached hydrogens (tertiary/aromatic N) is 4. The van der Waals surface area contributed by atoms with Gasteiger partial charge in [-0.05, 0) is 61.4 Å². The van der Waals surface area contributed by atoms with Crippen LogP contribution in [0.2, 0.25) is 0 Å². The number of hydrogen-bond donors (Lipinski definition) is 2. The van der Waals surface area contributed by atoms with Crippen LogP contribution in [0.4, 0.5) is 8.78 Å². The lowest BCUT2D eigenvalue weighted by atomic mass is 9.82. The summed E-state index contributed by atoms with van der Waals surface area (Å²) in [6.07, 6.45) is 3.36. The molecular formula is C27H30F2N6O5. The third kappa shape index (κ3) is 5.17. The first-order chi connectivity index (χ1) is 19.2. The molecule has 3 heterocycles. The molecule has 2 N–H and O–H groups in total. The molecule has 13 heteroatoms. The number of nitrogens with one attached hydrogen (secondary N) is 2. The summed E-state index contributed by atoms with van der Waals surface area (Å²) in [7, 11) is 1.56. The van der Waals surface area contributed by atoms with Crippen LogP contribution in [0.1, 0.15) is 89.9 Å². The van der Waals surface area contributed by atoms with Crippen molar-refractivity contribution in [3.63, 3.8) is 0 Å². The molecular weight excluding hydrogens is 526 g/mol. The average molecular weight is 557 g/mol. The number of alkyl halides is 2. The highest BCUT2D eigenvalue weighted by Crippen LogP contribution is 2.43.